The van der Waals surface area contributed by atoms with Gasteiger partial charge < -0.3 is 9.47 Å². The smallest absolute Gasteiger partial charge is 0.410 e. The van der Waals surface area contributed by atoms with Gasteiger partial charge in [0.1, 0.15) is 11.9 Å². The molecule has 1 saturated carbocycles. The molecule has 130 valence electrons. The number of cyclic esters (lactones) is 1. The Hall–Kier alpha value is -2.49. The van der Waals surface area contributed by atoms with Crippen molar-refractivity contribution in [3.63, 3.8) is 0 Å². The molecule has 2 fully saturated rings. The Balaban J connectivity index is 1.33. The molecule has 2 aromatic rings. The van der Waals surface area contributed by atoms with E-state index in [0.717, 1.165) is 29.4 Å². The Morgan fingerprint density at radius 2 is 1.80 bits per heavy atom. The van der Waals surface area contributed by atoms with Crippen molar-refractivity contribution in [2.45, 2.75) is 31.9 Å². The van der Waals surface area contributed by atoms with Crippen molar-refractivity contribution in [2.75, 3.05) is 13.2 Å². The summed E-state index contributed by atoms with van der Waals surface area (Å²) in [4.78, 5) is 13.9. The monoisotopic (exact) mass is 337 g/mol. The van der Waals surface area contributed by atoms with Crippen LogP contribution in [0.25, 0.3) is 0 Å². The third-order valence-electron chi connectivity index (χ3n) is 5.07. The molecule has 25 heavy (non-hydrogen) atoms. The predicted octanol–water partition coefficient (Wildman–Crippen LogP) is 4.56. The lowest BCUT2D eigenvalue weighted by Gasteiger charge is -2.25. The Kier molecular flexibility index (Phi) is 4.59. The first-order valence-corrected chi connectivity index (χ1v) is 9.00. The quantitative estimate of drug-likeness (QED) is 0.776. The highest BCUT2D eigenvalue weighted by molar-refractivity contribution is 5.70. The maximum atomic E-state index is 12.1. The molecule has 1 saturated heterocycles. The zero-order valence-corrected chi connectivity index (χ0v) is 14.3. The second kappa shape index (κ2) is 7.18. The van der Waals surface area contributed by atoms with Crippen molar-refractivity contribution in [2.24, 2.45) is 5.92 Å². The zero-order chi connectivity index (χ0) is 17.1. The molecule has 1 heterocycles. The molecule has 0 radical (unpaired) electrons. The molecule has 0 bridgehead atoms. The highest BCUT2D eigenvalue weighted by Crippen LogP contribution is 2.28. The summed E-state index contributed by atoms with van der Waals surface area (Å²) >= 11 is 0. The van der Waals surface area contributed by atoms with Gasteiger partial charge in [-0.25, -0.2) is 4.79 Å². The topological polar surface area (TPSA) is 38.8 Å². The number of rotatable bonds is 6. The Bertz CT molecular complexity index is 710. The van der Waals surface area contributed by atoms with Crippen LogP contribution in [0.5, 0.6) is 5.75 Å². The van der Waals surface area contributed by atoms with Crippen molar-refractivity contribution in [1.29, 1.82) is 0 Å². The molecule has 1 aliphatic heterocycles. The van der Waals surface area contributed by atoms with E-state index >= 15 is 0 Å². The Labute approximate surface area is 148 Å². The van der Waals surface area contributed by atoms with Crippen molar-refractivity contribution >= 4 is 6.09 Å². The van der Waals surface area contributed by atoms with Crippen molar-refractivity contribution in [3.8, 4) is 5.75 Å². The van der Waals surface area contributed by atoms with Gasteiger partial charge in [-0.3, -0.25) is 4.90 Å². The zero-order valence-electron chi connectivity index (χ0n) is 14.3. The summed E-state index contributed by atoms with van der Waals surface area (Å²) in [6.45, 7) is 1.96. The molecule has 0 spiro atoms. The number of hydrogen-bond donors (Lipinski definition) is 0. The summed E-state index contributed by atoms with van der Waals surface area (Å²) in [7, 11) is 0. The van der Waals surface area contributed by atoms with Crippen molar-refractivity contribution < 1.29 is 14.3 Å². The Morgan fingerprint density at radius 1 is 1.04 bits per heavy atom. The van der Waals surface area contributed by atoms with Crippen LogP contribution in [0.3, 0.4) is 0 Å². The van der Waals surface area contributed by atoms with Crippen molar-refractivity contribution in [1.82, 2.24) is 4.90 Å². The van der Waals surface area contributed by atoms with Gasteiger partial charge in [0.25, 0.3) is 0 Å². The van der Waals surface area contributed by atoms with Crippen LogP contribution >= 0.6 is 0 Å². The molecular weight excluding hydrogens is 314 g/mol. The van der Waals surface area contributed by atoms with Crippen LogP contribution in [0.1, 0.15) is 36.5 Å². The van der Waals surface area contributed by atoms with Crippen LogP contribution in [0.2, 0.25) is 0 Å². The average molecular weight is 337 g/mol. The van der Waals surface area contributed by atoms with E-state index in [9.17, 15) is 4.79 Å². The van der Waals surface area contributed by atoms with Gasteiger partial charge in [0.05, 0.1) is 13.2 Å². The van der Waals surface area contributed by atoms with E-state index in [1.54, 1.807) is 4.90 Å². The molecule has 0 N–H and O–H groups in total. The minimum atomic E-state index is -0.251. The minimum Gasteiger partial charge on any atom is -0.493 e. The van der Waals surface area contributed by atoms with E-state index < -0.39 is 0 Å². The molecular formula is C21H23NO3. The molecule has 1 aliphatic carbocycles. The van der Waals surface area contributed by atoms with E-state index in [4.69, 9.17) is 9.47 Å². The van der Waals surface area contributed by atoms with Crippen LogP contribution in [0.4, 0.5) is 4.79 Å². The predicted molar refractivity (Wildman–Crippen MR) is 95.4 cm³/mol. The lowest BCUT2D eigenvalue weighted by atomic mass is 9.86. The number of carbonyl (C=O) groups is 1. The van der Waals surface area contributed by atoms with Crippen LogP contribution in [-0.4, -0.2) is 24.1 Å². The third kappa shape index (κ3) is 3.78. The number of carbonyl (C=O) groups excluding carboxylic acids is 1. The molecule has 4 rings (SSSR count). The number of amides is 1. The molecule has 1 unspecified atom stereocenters. The van der Waals surface area contributed by atoms with Gasteiger partial charge in [-0.2, -0.15) is 0 Å². The SMILES string of the molecule is O=C1OC(c2ccccc2)CN1Cc1ccc(OCC2CCC2)cc1. The van der Waals surface area contributed by atoms with Crippen LogP contribution in [-0.2, 0) is 11.3 Å². The second-order valence-electron chi connectivity index (χ2n) is 6.92. The maximum absolute atomic E-state index is 12.1. The van der Waals surface area contributed by atoms with Gasteiger partial charge in [-0.15, -0.1) is 0 Å². The first kappa shape index (κ1) is 16.0. The van der Waals surface area contributed by atoms with E-state index in [1.165, 1.54) is 19.3 Å². The largest absolute Gasteiger partial charge is 0.493 e. The van der Waals surface area contributed by atoms with Crippen LogP contribution in [0, 0.1) is 5.92 Å². The fraction of sp³-hybridized carbons (Fsp3) is 0.381. The summed E-state index contributed by atoms with van der Waals surface area (Å²) in [5.41, 5.74) is 2.12. The van der Waals surface area contributed by atoms with Gasteiger partial charge in [0, 0.05) is 6.54 Å². The van der Waals surface area contributed by atoms with Crippen LogP contribution in [0.15, 0.2) is 54.6 Å². The molecule has 1 atom stereocenters. The minimum absolute atomic E-state index is 0.182. The van der Waals surface area contributed by atoms with E-state index in [-0.39, 0.29) is 12.2 Å². The molecule has 0 aromatic heterocycles. The summed E-state index contributed by atoms with van der Waals surface area (Å²) in [6, 6.07) is 17.9. The number of hydrogen-bond acceptors (Lipinski definition) is 3. The molecule has 4 nitrogen and oxygen atoms in total. The van der Waals surface area contributed by atoms with E-state index in [1.807, 2.05) is 54.6 Å². The Morgan fingerprint density at radius 3 is 2.48 bits per heavy atom. The van der Waals surface area contributed by atoms with Gasteiger partial charge in [0.15, 0.2) is 0 Å². The fourth-order valence-corrected chi connectivity index (χ4v) is 3.26. The summed E-state index contributed by atoms with van der Waals surface area (Å²) in [5.74, 6) is 1.63. The standard InChI is InChI=1S/C21H23NO3/c23-21-22(14-20(25-21)18-7-2-1-3-8-18)13-16-9-11-19(12-10-16)24-15-17-5-4-6-17/h1-3,7-12,17,20H,4-6,13-15H2. The number of nitrogens with zero attached hydrogens (tertiary/aromatic N) is 1. The summed E-state index contributed by atoms with van der Waals surface area (Å²) in [6.07, 6.45) is 3.48. The van der Waals surface area contributed by atoms with Gasteiger partial charge in [-0.05, 0) is 42.0 Å². The van der Waals surface area contributed by atoms with Crippen LogP contribution < -0.4 is 4.74 Å². The van der Waals surface area contributed by atoms with E-state index in [2.05, 4.69) is 0 Å². The first-order chi connectivity index (χ1) is 12.3. The summed E-state index contributed by atoms with van der Waals surface area (Å²) in [5, 5.41) is 0. The first-order valence-electron chi connectivity index (χ1n) is 9.00. The second-order valence-corrected chi connectivity index (χ2v) is 6.92. The third-order valence-corrected chi connectivity index (χ3v) is 5.07. The lowest BCUT2D eigenvalue weighted by Crippen LogP contribution is -2.23. The summed E-state index contributed by atoms with van der Waals surface area (Å²) < 4.78 is 11.3. The molecule has 1 amide bonds. The van der Waals surface area contributed by atoms with E-state index in [0.29, 0.717) is 13.1 Å². The highest BCUT2D eigenvalue weighted by Gasteiger charge is 2.32. The van der Waals surface area contributed by atoms with Crippen molar-refractivity contribution in [3.05, 3.63) is 65.7 Å². The number of ether oxygens (including phenoxy) is 2. The number of benzene rings is 2. The maximum Gasteiger partial charge on any atom is 0.410 e. The average Bonchev–Trinajstić information content (AvgIpc) is 2.97. The molecule has 4 heteroatoms. The fourth-order valence-electron chi connectivity index (χ4n) is 3.26. The van der Waals surface area contributed by atoms with Gasteiger partial charge in [-0.1, -0.05) is 48.9 Å². The van der Waals surface area contributed by atoms with Gasteiger partial charge >= 0.3 is 6.09 Å². The highest BCUT2D eigenvalue weighted by atomic mass is 16.6. The van der Waals surface area contributed by atoms with Gasteiger partial charge in [0.2, 0.25) is 0 Å². The molecule has 2 aromatic carbocycles. The normalized spacial score (nSPS) is 20.2. The lowest BCUT2D eigenvalue weighted by molar-refractivity contribution is 0.132. The molecule has 2 aliphatic rings.